The van der Waals surface area contributed by atoms with Crippen LogP contribution in [-0.2, 0) is 0 Å². The van der Waals surface area contributed by atoms with Gasteiger partial charge >= 0.3 is 0 Å². The summed E-state index contributed by atoms with van der Waals surface area (Å²) in [6.45, 7) is 4.87. The molecule has 1 aliphatic rings. The van der Waals surface area contributed by atoms with Crippen LogP contribution in [0, 0.1) is 5.41 Å². The second kappa shape index (κ2) is 6.01. The smallest absolute Gasteiger partial charge is 0.0704 e. The summed E-state index contributed by atoms with van der Waals surface area (Å²) >= 11 is 0. The minimum Gasteiger partial charge on any atom is -0.256 e. The van der Waals surface area contributed by atoms with E-state index in [-0.39, 0.29) is 0 Å². The van der Waals surface area contributed by atoms with Gasteiger partial charge in [-0.15, -0.1) is 0 Å². The monoisotopic (exact) mass is 279 g/mol. The number of hydrogen-bond donors (Lipinski definition) is 0. The Balaban J connectivity index is 1.89. The van der Waals surface area contributed by atoms with E-state index in [0.717, 1.165) is 5.69 Å². The maximum Gasteiger partial charge on any atom is 0.0704 e. The number of nitrogens with zero attached hydrogens (tertiary/aromatic N) is 1. The van der Waals surface area contributed by atoms with Gasteiger partial charge in [0.2, 0.25) is 0 Å². The van der Waals surface area contributed by atoms with Crippen LogP contribution >= 0.6 is 0 Å². The summed E-state index contributed by atoms with van der Waals surface area (Å²) in [4.78, 5) is 4.56. The first-order valence-electron chi connectivity index (χ1n) is 8.20. The molecular formula is C20H25N. The van der Waals surface area contributed by atoms with Crippen molar-refractivity contribution in [3.05, 3.63) is 54.2 Å². The minimum atomic E-state index is 0.452. The molecule has 0 radical (unpaired) electrons. The van der Waals surface area contributed by atoms with Gasteiger partial charge in [-0.3, -0.25) is 4.98 Å². The Bertz CT molecular complexity index is 582. The molecule has 110 valence electrons. The quantitative estimate of drug-likeness (QED) is 0.689. The normalized spacial score (nSPS) is 19.1. The Morgan fingerprint density at radius 2 is 1.71 bits per heavy atom. The lowest BCUT2D eigenvalue weighted by atomic mass is 9.66. The molecule has 1 aliphatic carbocycles. The summed E-state index contributed by atoms with van der Waals surface area (Å²) in [5, 5.41) is 0. The molecule has 3 rings (SSSR count). The van der Waals surface area contributed by atoms with E-state index in [2.05, 4.69) is 61.3 Å². The summed E-state index contributed by atoms with van der Waals surface area (Å²) in [6, 6.07) is 15.0. The highest BCUT2D eigenvalue weighted by Crippen LogP contribution is 2.46. The number of aromatic nitrogens is 1. The number of rotatable bonds is 3. The molecule has 1 heterocycles. The van der Waals surface area contributed by atoms with Crippen molar-refractivity contribution in [2.75, 3.05) is 0 Å². The van der Waals surface area contributed by atoms with Gasteiger partial charge in [-0.2, -0.15) is 0 Å². The van der Waals surface area contributed by atoms with Gasteiger partial charge in [-0.1, -0.05) is 63.4 Å². The lowest BCUT2D eigenvalue weighted by Gasteiger charge is -2.39. The maximum atomic E-state index is 4.56. The molecule has 1 saturated carbocycles. The summed E-state index contributed by atoms with van der Waals surface area (Å²) in [5.74, 6) is 0.600. The Hall–Kier alpha value is -1.63. The van der Waals surface area contributed by atoms with Gasteiger partial charge < -0.3 is 0 Å². The molecule has 0 spiro atoms. The third-order valence-corrected chi connectivity index (χ3v) is 5.39. The topological polar surface area (TPSA) is 12.9 Å². The molecular weight excluding hydrogens is 254 g/mol. The van der Waals surface area contributed by atoms with E-state index in [9.17, 15) is 0 Å². The van der Waals surface area contributed by atoms with Crippen molar-refractivity contribution >= 4 is 0 Å². The minimum absolute atomic E-state index is 0.452. The Morgan fingerprint density at radius 1 is 1.00 bits per heavy atom. The third kappa shape index (κ3) is 3.02. The Morgan fingerprint density at radius 3 is 2.43 bits per heavy atom. The van der Waals surface area contributed by atoms with Crippen LogP contribution in [-0.4, -0.2) is 4.98 Å². The first-order chi connectivity index (χ1) is 10.2. The van der Waals surface area contributed by atoms with E-state index in [1.807, 2.05) is 6.20 Å². The van der Waals surface area contributed by atoms with Gasteiger partial charge in [0, 0.05) is 11.8 Å². The number of hydrogen-bond acceptors (Lipinski definition) is 1. The lowest BCUT2D eigenvalue weighted by Crippen LogP contribution is -2.26. The Kier molecular flexibility index (Phi) is 4.10. The molecule has 21 heavy (non-hydrogen) atoms. The fourth-order valence-corrected chi connectivity index (χ4v) is 3.68. The molecule has 1 nitrogen and oxygen atoms in total. The van der Waals surface area contributed by atoms with Gasteiger partial charge in [0.1, 0.15) is 0 Å². The van der Waals surface area contributed by atoms with Crippen molar-refractivity contribution in [1.29, 1.82) is 0 Å². The van der Waals surface area contributed by atoms with Crippen molar-refractivity contribution in [2.24, 2.45) is 5.41 Å². The predicted molar refractivity (Wildman–Crippen MR) is 89.3 cm³/mol. The summed E-state index contributed by atoms with van der Waals surface area (Å²) in [7, 11) is 0. The van der Waals surface area contributed by atoms with E-state index in [1.165, 1.54) is 43.2 Å². The summed E-state index contributed by atoms with van der Waals surface area (Å²) < 4.78 is 0. The summed E-state index contributed by atoms with van der Waals surface area (Å²) in [5.41, 5.74) is 4.20. The van der Waals surface area contributed by atoms with Gasteiger partial charge in [0.25, 0.3) is 0 Å². The van der Waals surface area contributed by atoms with Crippen LogP contribution in [0.15, 0.2) is 48.7 Å². The van der Waals surface area contributed by atoms with Crippen molar-refractivity contribution in [3.8, 4) is 11.3 Å². The largest absolute Gasteiger partial charge is 0.256 e. The SMILES string of the molecule is CC(c1ccnc(-c2ccccc2)c1)C1(C)CCCCC1. The summed E-state index contributed by atoms with van der Waals surface area (Å²) in [6.07, 6.45) is 8.87. The first-order valence-corrected chi connectivity index (χ1v) is 8.20. The molecule has 2 aromatic rings. The highest BCUT2D eigenvalue weighted by atomic mass is 14.7. The van der Waals surface area contributed by atoms with Crippen LogP contribution in [0.5, 0.6) is 0 Å². The molecule has 1 aromatic carbocycles. The first kappa shape index (κ1) is 14.3. The maximum absolute atomic E-state index is 4.56. The molecule has 1 fully saturated rings. The van der Waals surface area contributed by atoms with Crippen LogP contribution in [0.1, 0.15) is 57.4 Å². The molecule has 1 atom stereocenters. The van der Waals surface area contributed by atoms with Crippen LogP contribution in [0.25, 0.3) is 11.3 Å². The van der Waals surface area contributed by atoms with Crippen molar-refractivity contribution in [2.45, 2.75) is 51.9 Å². The zero-order valence-corrected chi connectivity index (χ0v) is 13.2. The van der Waals surface area contributed by atoms with Crippen molar-refractivity contribution in [1.82, 2.24) is 4.98 Å². The van der Waals surface area contributed by atoms with Crippen LogP contribution in [0.3, 0.4) is 0 Å². The molecule has 0 saturated heterocycles. The molecule has 0 aliphatic heterocycles. The fourth-order valence-electron chi connectivity index (χ4n) is 3.68. The fraction of sp³-hybridized carbons (Fsp3) is 0.450. The molecule has 1 unspecified atom stereocenters. The Labute approximate surface area is 128 Å². The number of pyridine rings is 1. The van der Waals surface area contributed by atoms with Gasteiger partial charge in [-0.25, -0.2) is 0 Å². The van der Waals surface area contributed by atoms with Gasteiger partial charge in [0.15, 0.2) is 0 Å². The van der Waals surface area contributed by atoms with Crippen LogP contribution in [0.4, 0.5) is 0 Å². The molecule has 0 amide bonds. The van der Waals surface area contributed by atoms with Crippen molar-refractivity contribution < 1.29 is 0 Å². The molecule has 1 heteroatoms. The van der Waals surface area contributed by atoms with Crippen molar-refractivity contribution in [3.63, 3.8) is 0 Å². The third-order valence-electron chi connectivity index (χ3n) is 5.39. The second-order valence-corrected chi connectivity index (χ2v) is 6.78. The molecule has 0 N–H and O–H groups in total. The van der Waals surface area contributed by atoms with E-state index in [0.29, 0.717) is 11.3 Å². The van der Waals surface area contributed by atoms with Gasteiger partial charge in [-0.05, 0) is 41.9 Å². The average Bonchev–Trinajstić information content (AvgIpc) is 2.56. The van der Waals surface area contributed by atoms with Crippen LogP contribution < -0.4 is 0 Å². The van der Waals surface area contributed by atoms with Gasteiger partial charge in [0.05, 0.1) is 5.69 Å². The zero-order valence-electron chi connectivity index (χ0n) is 13.2. The zero-order chi connectivity index (χ0) is 14.7. The van der Waals surface area contributed by atoms with E-state index in [4.69, 9.17) is 0 Å². The highest BCUT2D eigenvalue weighted by molar-refractivity contribution is 5.59. The molecule has 0 bridgehead atoms. The van der Waals surface area contributed by atoms with Crippen LogP contribution in [0.2, 0.25) is 0 Å². The standard InChI is InChI=1S/C20H25N/c1-16(20(2)12-7-4-8-13-20)18-11-14-21-19(15-18)17-9-5-3-6-10-17/h3,5-6,9-11,14-16H,4,7-8,12-13H2,1-2H3. The highest BCUT2D eigenvalue weighted by Gasteiger charge is 2.33. The lowest BCUT2D eigenvalue weighted by molar-refractivity contribution is 0.177. The molecule has 1 aromatic heterocycles. The number of benzene rings is 1. The van der Waals surface area contributed by atoms with E-state index in [1.54, 1.807) is 0 Å². The van der Waals surface area contributed by atoms with E-state index < -0.39 is 0 Å². The average molecular weight is 279 g/mol. The second-order valence-electron chi connectivity index (χ2n) is 6.78. The predicted octanol–water partition coefficient (Wildman–Crippen LogP) is 5.82. The van der Waals surface area contributed by atoms with E-state index >= 15 is 0 Å².